The standard InChI is InChI=1S/C38H54O4/c1-35-15-13-29-25(27(35)9-11-33(35)41)7-5-21-17-23(39)19-31(37(21,29)3)32-20-24(40)18-22-6-8-26-28-10-12-34(42)36(28,2)16-14-30(26)38(22,32)4/h17,20,22,25-31,33-34,41-42H,5-16,18-19H2,1-4H3/t22?,25-,26-,27-,28-,29-,30+,31?,33-,34?,35-,36-,37-,38-/m0/s1. The van der Waals surface area contributed by atoms with Gasteiger partial charge in [0.2, 0.25) is 0 Å². The number of fused-ring (bicyclic) bond motifs is 10. The molecule has 0 bridgehead atoms. The summed E-state index contributed by atoms with van der Waals surface area (Å²) in [6.07, 6.45) is 18.0. The molecular formula is C38H54O4. The summed E-state index contributed by atoms with van der Waals surface area (Å²) in [4.78, 5) is 27.1. The van der Waals surface area contributed by atoms with E-state index in [1.54, 1.807) is 0 Å². The Morgan fingerprint density at radius 1 is 0.619 bits per heavy atom. The molecule has 14 atom stereocenters. The summed E-state index contributed by atoms with van der Waals surface area (Å²) in [6.45, 7) is 9.74. The lowest BCUT2D eigenvalue weighted by atomic mass is 9.39. The molecule has 4 heteroatoms. The van der Waals surface area contributed by atoms with Crippen molar-refractivity contribution in [2.45, 2.75) is 130 Å². The summed E-state index contributed by atoms with van der Waals surface area (Å²) in [5, 5.41) is 22.1. The number of carbonyl (C=O) groups is 2. The third-order valence-electron chi connectivity index (χ3n) is 16.7. The largest absolute Gasteiger partial charge is 0.393 e. The Bertz CT molecular complexity index is 1260. The van der Waals surface area contributed by atoms with Crippen LogP contribution in [0.3, 0.4) is 0 Å². The van der Waals surface area contributed by atoms with Crippen molar-refractivity contribution in [1.82, 2.24) is 0 Å². The van der Waals surface area contributed by atoms with Gasteiger partial charge in [0.1, 0.15) is 0 Å². The molecule has 8 aliphatic carbocycles. The van der Waals surface area contributed by atoms with E-state index in [9.17, 15) is 19.8 Å². The Balaban J connectivity index is 1.21. The lowest BCUT2D eigenvalue weighted by molar-refractivity contribution is -0.132. The van der Waals surface area contributed by atoms with E-state index in [1.165, 1.54) is 17.6 Å². The molecule has 0 aromatic heterocycles. The summed E-state index contributed by atoms with van der Waals surface area (Å²) in [5.74, 6) is 4.42. The quantitative estimate of drug-likeness (QED) is 0.347. The van der Waals surface area contributed by atoms with E-state index in [0.717, 1.165) is 70.6 Å². The van der Waals surface area contributed by atoms with E-state index in [-0.39, 0.29) is 51.4 Å². The van der Waals surface area contributed by atoms with Crippen LogP contribution in [0.25, 0.3) is 0 Å². The van der Waals surface area contributed by atoms with Crippen molar-refractivity contribution in [1.29, 1.82) is 0 Å². The van der Waals surface area contributed by atoms with Crippen LogP contribution in [-0.2, 0) is 9.59 Å². The van der Waals surface area contributed by atoms with Crippen LogP contribution >= 0.6 is 0 Å². The molecule has 0 aromatic rings. The highest BCUT2D eigenvalue weighted by Gasteiger charge is 2.66. The van der Waals surface area contributed by atoms with Crippen LogP contribution in [0.15, 0.2) is 23.3 Å². The zero-order valence-corrected chi connectivity index (χ0v) is 26.5. The van der Waals surface area contributed by atoms with Crippen LogP contribution in [0.5, 0.6) is 0 Å². The maximum atomic E-state index is 13.6. The average Bonchev–Trinajstić information content (AvgIpc) is 3.43. The van der Waals surface area contributed by atoms with E-state index in [0.29, 0.717) is 54.3 Å². The molecule has 0 saturated heterocycles. The molecule has 3 unspecified atom stereocenters. The zero-order valence-electron chi connectivity index (χ0n) is 26.5. The summed E-state index contributed by atoms with van der Waals surface area (Å²) in [7, 11) is 0. The van der Waals surface area contributed by atoms with E-state index < -0.39 is 0 Å². The maximum Gasteiger partial charge on any atom is 0.156 e. The smallest absolute Gasteiger partial charge is 0.156 e. The second kappa shape index (κ2) is 9.15. The number of allylic oxidation sites excluding steroid dienone is 3. The molecule has 6 fully saturated rings. The minimum atomic E-state index is -0.180. The molecule has 0 aliphatic heterocycles. The molecular weight excluding hydrogens is 520 g/mol. The van der Waals surface area contributed by atoms with Gasteiger partial charge in [-0.3, -0.25) is 9.59 Å². The summed E-state index contributed by atoms with van der Waals surface area (Å²) in [5.41, 5.74) is 2.65. The van der Waals surface area contributed by atoms with Crippen LogP contribution < -0.4 is 0 Å². The molecule has 230 valence electrons. The second-order valence-electron chi connectivity index (χ2n) is 17.6. The fourth-order valence-corrected chi connectivity index (χ4v) is 14.3. The highest BCUT2D eigenvalue weighted by molar-refractivity contribution is 5.94. The monoisotopic (exact) mass is 574 g/mol. The van der Waals surface area contributed by atoms with Crippen LogP contribution in [0.4, 0.5) is 0 Å². The Hall–Kier alpha value is -1.26. The van der Waals surface area contributed by atoms with Crippen LogP contribution in [0.1, 0.15) is 118 Å². The Kier molecular flexibility index (Phi) is 6.15. The summed E-state index contributed by atoms with van der Waals surface area (Å²) < 4.78 is 0. The summed E-state index contributed by atoms with van der Waals surface area (Å²) in [6, 6.07) is 0. The molecule has 0 spiro atoms. The maximum absolute atomic E-state index is 13.6. The molecule has 6 saturated carbocycles. The third kappa shape index (κ3) is 3.44. The molecule has 0 radical (unpaired) electrons. The van der Waals surface area contributed by atoms with E-state index in [2.05, 4.69) is 33.8 Å². The average molecular weight is 575 g/mol. The van der Waals surface area contributed by atoms with Gasteiger partial charge in [-0.25, -0.2) is 0 Å². The summed E-state index contributed by atoms with van der Waals surface area (Å²) >= 11 is 0. The first-order valence-corrected chi connectivity index (χ1v) is 17.8. The number of rotatable bonds is 1. The van der Waals surface area contributed by atoms with Gasteiger partial charge in [0.05, 0.1) is 12.2 Å². The Morgan fingerprint density at radius 3 is 1.83 bits per heavy atom. The number of aliphatic hydroxyl groups is 2. The molecule has 4 nitrogen and oxygen atoms in total. The number of hydrogen-bond donors (Lipinski definition) is 2. The van der Waals surface area contributed by atoms with Crippen molar-refractivity contribution < 1.29 is 19.8 Å². The molecule has 0 amide bonds. The van der Waals surface area contributed by atoms with Crippen molar-refractivity contribution in [2.75, 3.05) is 0 Å². The van der Waals surface area contributed by atoms with Gasteiger partial charge in [-0.05, 0) is 158 Å². The number of aliphatic hydroxyl groups excluding tert-OH is 2. The van der Waals surface area contributed by atoms with Crippen molar-refractivity contribution >= 4 is 11.6 Å². The molecule has 42 heavy (non-hydrogen) atoms. The molecule has 8 aliphatic rings. The van der Waals surface area contributed by atoms with Crippen LogP contribution in [0.2, 0.25) is 0 Å². The van der Waals surface area contributed by atoms with E-state index in [4.69, 9.17) is 0 Å². The first-order valence-electron chi connectivity index (χ1n) is 17.8. The third-order valence-corrected chi connectivity index (χ3v) is 16.7. The minimum absolute atomic E-state index is 0.0348. The lowest BCUT2D eigenvalue weighted by Gasteiger charge is -2.64. The number of hydrogen-bond acceptors (Lipinski definition) is 4. The van der Waals surface area contributed by atoms with E-state index >= 15 is 0 Å². The van der Waals surface area contributed by atoms with Gasteiger partial charge >= 0.3 is 0 Å². The predicted molar refractivity (Wildman–Crippen MR) is 163 cm³/mol. The highest BCUT2D eigenvalue weighted by atomic mass is 16.3. The highest BCUT2D eigenvalue weighted by Crippen LogP contribution is 2.72. The van der Waals surface area contributed by atoms with Crippen LogP contribution in [-0.4, -0.2) is 34.0 Å². The van der Waals surface area contributed by atoms with Crippen molar-refractivity contribution in [3.8, 4) is 0 Å². The second-order valence-corrected chi connectivity index (χ2v) is 17.6. The van der Waals surface area contributed by atoms with Crippen molar-refractivity contribution in [3.05, 3.63) is 23.3 Å². The van der Waals surface area contributed by atoms with Gasteiger partial charge in [-0.15, -0.1) is 0 Å². The Morgan fingerprint density at radius 2 is 1.19 bits per heavy atom. The fraction of sp³-hybridized carbons (Fsp3) is 0.842. The van der Waals surface area contributed by atoms with Gasteiger partial charge < -0.3 is 10.2 Å². The molecule has 0 heterocycles. The van der Waals surface area contributed by atoms with E-state index in [1.807, 2.05) is 6.08 Å². The molecule has 8 rings (SSSR count). The minimum Gasteiger partial charge on any atom is -0.393 e. The van der Waals surface area contributed by atoms with Gasteiger partial charge in [0.15, 0.2) is 11.6 Å². The normalized spacial score (nSPS) is 56.7. The van der Waals surface area contributed by atoms with Gasteiger partial charge in [0, 0.05) is 12.8 Å². The first kappa shape index (κ1) is 28.2. The SMILES string of the molecule is C[C@]12CC[C@H]3[C@@H](CCC4=CC(=O)CC(C5=CC(=O)CC6CC[C@@H]7[C@@H](CC[C@]8(C)C(O)CC[C@@H]78)[C@@]56C)[C@@]43C)[C@@H]1CC[C@@H]2O. The van der Waals surface area contributed by atoms with Gasteiger partial charge in [-0.2, -0.15) is 0 Å². The van der Waals surface area contributed by atoms with Crippen LogP contribution in [0, 0.1) is 69.0 Å². The first-order chi connectivity index (χ1) is 19.9. The number of ketones is 2. The lowest BCUT2D eigenvalue weighted by Crippen LogP contribution is -2.58. The number of carbonyl (C=O) groups excluding carboxylic acids is 2. The molecule has 0 aromatic carbocycles. The van der Waals surface area contributed by atoms with Crippen molar-refractivity contribution in [3.63, 3.8) is 0 Å². The fourth-order valence-electron chi connectivity index (χ4n) is 14.3. The van der Waals surface area contributed by atoms with Gasteiger partial charge in [0.25, 0.3) is 0 Å². The Labute approximate surface area is 253 Å². The van der Waals surface area contributed by atoms with Crippen molar-refractivity contribution in [2.24, 2.45) is 69.0 Å². The van der Waals surface area contributed by atoms with Gasteiger partial charge in [-0.1, -0.05) is 38.8 Å². The predicted octanol–water partition coefficient (Wildman–Crippen LogP) is 7.22. The topological polar surface area (TPSA) is 74.6 Å². The molecule has 2 N–H and O–H groups in total. The zero-order chi connectivity index (χ0) is 29.4.